The SMILES string of the molecule is COCCn1nc(COc2cccc(F)c2)nc1[C@@H]1C[C@@H]2CC[C@H]1O2. The summed E-state index contributed by atoms with van der Waals surface area (Å²) in [5, 5.41) is 4.56. The van der Waals surface area contributed by atoms with Crippen molar-refractivity contribution in [2.45, 2.75) is 50.5 Å². The highest BCUT2D eigenvalue weighted by Crippen LogP contribution is 2.43. The third kappa shape index (κ3) is 3.52. The molecule has 2 aliphatic heterocycles. The minimum atomic E-state index is -0.323. The molecule has 0 unspecified atom stereocenters. The number of rotatable bonds is 7. The first-order chi connectivity index (χ1) is 12.2. The summed E-state index contributed by atoms with van der Waals surface area (Å²) in [6, 6.07) is 6.08. The van der Waals surface area contributed by atoms with Crippen molar-refractivity contribution in [2.24, 2.45) is 0 Å². The number of hydrogen-bond donors (Lipinski definition) is 0. The minimum Gasteiger partial charge on any atom is -0.485 e. The van der Waals surface area contributed by atoms with Crippen molar-refractivity contribution in [3.05, 3.63) is 41.7 Å². The molecular formula is C18H22FN3O3. The molecule has 0 aliphatic carbocycles. The third-order valence-corrected chi connectivity index (χ3v) is 4.85. The zero-order chi connectivity index (χ0) is 17.2. The number of methoxy groups -OCH3 is 1. The van der Waals surface area contributed by atoms with E-state index < -0.39 is 0 Å². The van der Waals surface area contributed by atoms with E-state index in [1.54, 1.807) is 19.2 Å². The van der Waals surface area contributed by atoms with E-state index in [2.05, 4.69) is 5.10 Å². The number of nitrogens with zero attached hydrogens (tertiary/aromatic N) is 3. The first-order valence-electron chi connectivity index (χ1n) is 8.69. The Morgan fingerprint density at radius 2 is 2.28 bits per heavy atom. The Hall–Kier alpha value is -1.99. The first-order valence-corrected chi connectivity index (χ1v) is 8.69. The highest BCUT2D eigenvalue weighted by atomic mass is 19.1. The quantitative estimate of drug-likeness (QED) is 0.771. The van der Waals surface area contributed by atoms with Gasteiger partial charge < -0.3 is 14.2 Å². The van der Waals surface area contributed by atoms with Crippen LogP contribution in [0.15, 0.2) is 24.3 Å². The van der Waals surface area contributed by atoms with Crippen LogP contribution in [0.3, 0.4) is 0 Å². The van der Waals surface area contributed by atoms with Crippen LogP contribution < -0.4 is 4.74 Å². The van der Waals surface area contributed by atoms with E-state index in [9.17, 15) is 4.39 Å². The van der Waals surface area contributed by atoms with Crippen LogP contribution in [0.5, 0.6) is 5.75 Å². The van der Waals surface area contributed by atoms with E-state index in [0.29, 0.717) is 30.8 Å². The Morgan fingerprint density at radius 1 is 1.36 bits per heavy atom. The molecule has 2 aliphatic rings. The Bertz CT molecular complexity index is 736. The lowest BCUT2D eigenvalue weighted by Crippen LogP contribution is -2.20. The lowest BCUT2D eigenvalue weighted by atomic mass is 9.88. The van der Waals surface area contributed by atoms with Crippen LogP contribution in [-0.4, -0.2) is 40.7 Å². The summed E-state index contributed by atoms with van der Waals surface area (Å²) in [5.41, 5.74) is 0. The molecule has 3 heterocycles. The maximum absolute atomic E-state index is 13.2. The first kappa shape index (κ1) is 16.5. The van der Waals surface area contributed by atoms with Crippen molar-refractivity contribution < 1.29 is 18.6 Å². The molecular weight excluding hydrogens is 325 g/mol. The molecule has 1 aromatic heterocycles. The molecule has 1 aromatic carbocycles. The summed E-state index contributed by atoms with van der Waals surface area (Å²) >= 11 is 0. The Balaban J connectivity index is 1.50. The number of ether oxygens (including phenoxy) is 3. The Labute approximate surface area is 145 Å². The molecule has 3 atom stereocenters. The Kier molecular flexibility index (Phi) is 4.67. The molecule has 0 spiro atoms. The second kappa shape index (κ2) is 7.09. The van der Waals surface area contributed by atoms with E-state index in [4.69, 9.17) is 19.2 Å². The highest BCUT2D eigenvalue weighted by Gasteiger charge is 2.43. The van der Waals surface area contributed by atoms with Gasteiger partial charge in [-0.2, -0.15) is 5.10 Å². The summed E-state index contributed by atoms with van der Waals surface area (Å²) in [5.74, 6) is 1.97. The number of aromatic nitrogens is 3. The second-order valence-corrected chi connectivity index (χ2v) is 6.56. The zero-order valence-corrected chi connectivity index (χ0v) is 14.2. The van der Waals surface area contributed by atoms with Crippen molar-refractivity contribution in [3.63, 3.8) is 0 Å². The molecule has 2 aromatic rings. The molecule has 0 N–H and O–H groups in total. The lowest BCUT2D eigenvalue weighted by Gasteiger charge is -2.18. The Morgan fingerprint density at radius 3 is 3.00 bits per heavy atom. The molecule has 2 saturated heterocycles. The molecule has 7 heteroatoms. The van der Waals surface area contributed by atoms with Crippen LogP contribution in [-0.2, 0) is 22.6 Å². The normalized spacial score (nSPS) is 24.8. The van der Waals surface area contributed by atoms with Crippen molar-refractivity contribution in [1.82, 2.24) is 14.8 Å². The van der Waals surface area contributed by atoms with Gasteiger partial charge >= 0.3 is 0 Å². The van der Waals surface area contributed by atoms with E-state index in [-0.39, 0.29) is 24.4 Å². The summed E-state index contributed by atoms with van der Waals surface area (Å²) in [7, 11) is 1.67. The molecule has 25 heavy (non-hydrogen) atoms. The fourth-order valence-electron chi connectivity index (χ4n) is 3.69. The van der Waals surface area contributed by atoms with Gasteiger partial charge in [0.05, 0.1) is 25.4 Å². The van der Waals surface area contributed by atoms with Crippen molar-refractivity contribution >= 4 is 0 Å². The molecule has 6 nitrogen and oxygen atoms in total. The van der Waals surface area contributed by atoms with Crippen molar-refractivity contribution in [1.29, 1.82) is 0 Å². The van der Waals surface area contributed by atoms with Gasteiger partial charge in [0.1, 0.15) is 24.0 Å². The van der Waals surface area contributed by atoms with Gasteiger partial charge in [-0.25, -0.2) is 14.1 Å². The standard InChI is InChI=1S/C18H22FN3O3/c1-23-8-7-22-18(15-10-14-5-6-16(15)25-14)20-17(21-22)11-24-13-4-2-3-12(19)9-13/h2-4,9,14-16H,5-8,10-11H2,1H3/t14-,15+,16+/m0/s1. The van der Waals surface area contributed by atoms with E-state index in [0.717, 1.165) is 25.1 Å². The van der Waals surface area contributed by atoms with Crippen molar-refractivity contribution in [2.75, 3.05) is 13.7 Å². The molecule has 0 saturated carbocycles. The maximum atomic E-state index is 13.2. The van der Waals surface area contributed by atoms with Crippen LogP contribution >= 0.6 is 0 Å². The number of hydrogen-bond acceptors (Lipinski definition) is 5. The van der Waals surface area contributed by atoms with Gasteiger partial charge in [-0.05, 0) is 31.4 Å². The van der Waals surface area contributed by atoms with E-state index in [1.807, 2.05) is 4.68 Å². The van der Waals surface area contributed by atoms with Crippen LogP contribution in [0.4, 0.5) is 4.39 Å². The van der Waals surface area contributed by atoms with Crippen molar-refractivity contribution in [3.8, 4) is 5.75 Å². The average Bonchev–Trinajstić information content (AvgIpc) is 3.33. The van der Waals surface area contributed by atoms with Crippen LogP contribution in [0, 0.1) is 5.82 Å². The predicted molar refractivity (Wildman–Crippen MR) is 87.9 cm³/mol. The smallest absolute Gasteiger partial charge is 0.188 e. The van der Waals surface area contributed by atoms with E-state index in [1.165, 1.54) is 12.1 Å². The van der Waals surface area contributed by atoms with Gasteiger partial charge in [-0.15, -0.1) is 0 Å². The molecule has 2 fully saturated rings. The third-order valence-electron chi connectivity index (χ3n) is 4.85. The van der Waals surface area contributed by atoms with Crippen LogP contribution in [0.1, 0.15) is 36.8 Å². The minimum absolute atomic E-state index is 0.206. The fraction of sp³-hybridized carbons (Fsp3) is 0.556. The number of benzene rings is 1. The summed E-state index contributed by atoms with van der Waals surface area (Å²) < 4.78 is 31.9. The van der Waals surface area contributed by atoms with Crippen LogP contribution in [0.2, 0.25) is 0 Å². The van der Waals surface area contributed by atoms with Crippen LogP contribution in [0.25, 0.3) is 0 Å². The highest BCUT2D eigenvalue weighted by molar-refractivity contribution is 5.22. The van der Waals surface area contributed by atoms with Gasteiger partial charge in [0.25, 0.3) is 0 Å². The number of halogens is 1. The lowest BCUT2D eigenvalue weighted by molar-refractivity contribution is 0.0991. The summed E-state index contributed by atoms with van der Waals surface area (Å²) in [6.07, 6.45) is 3.83. The monoisotopic (exact) mass is 347 g/mol. The zero-order valence-electron chi connectivity index (χ0n) is 14.2. The largest absolute Gasteiger partial charge is 0.485 e. The predicted octanol–water partition coefficient (Wildman–Crippen LogP) is 2.68. The maximum Gasteiger partial charge on any atom is 0.188 e. The topological polar surface area (TPSA) is 58.4 Å². The molecule has 0 radical (unpaired) electrons. The van der Waals surface area contributed by atoms with Gasteiger partial charge in [-0.3, -0.25) is 0 Å². The van der Waals surface area contributed by atoms with Gasteiger partial charge in [0.15, 0.2) is 5.82 Å². The average molecular weight is 347 g/mol. The fourth-order valence-corrected chi connectivity index (χ4v) is 3.69. The molecule has 0 amide bonds. The molecule has 4 rings (SSSR count). The molecule has 134 valence electrons. The van der Waals surface area contributed by atoms with Gasteiger partial charge in [0.2, 0.25) is 0 Å². The summed E-state index contributed by atoms with van der Waals surface area (Å²) in [6.45, 7) is 1.42. The molecule has 2 bridgehead atoms. The van der Waals surface area contributed by atoms with Gasteiger partial charge in [0, 0.05) is 19.1 Å². The van der Waals surface area contributed by atoms with E-state index >= 15 is 0 Å². The number of fused-ring (bicyclic) bond motifs is 2. The summed E-state index contributed by atoms with van der Waals surface area (Å²) in [4.78, 5) is 4.70. The second-order valence-electron chi connectivity index (χ2n) is 6.56. The van der Waals surface area contributed by atoms with Gasteiger partial charge in [-0.1, -0.05) is 6.07 Å².